The van der Waals surface area contributed by atoms with Gasteiger partial charge in [-0.15, -0.1) is 11.8 Å². The Morgan fingerprint density at radius 3 is 1.58 bits per heavy atom. The first-order valence-electron chi connectivity index (χ1n) is 11.2. The Hall–Kier alpha value is -1.82. The highest BCUT2D eigenvalue weighted by Crippen LogP contribution is 2.54. The van der Waals surface area contributed by atoms with Gasteiger partial charge < -0.3 is 15.3 Å². The number of hydrogen-bond donors (Lipinski definition) is 3. The fourth-order valence-electron chi connectivity index (χ4n) is 3.72. The van der Waals surface area contributed by atoms with Gasteiger partial charge in [0.2, 0.25) is 0 Å². The number of allylic oxidation sites excluding steroid dienone is 2. The number of benzene rings is 2. The molecule has 3 nitrogen and oxygen atoms in total. The SMILES string of the molecule is Cc1cc(O)c(C(C)(C)C)cc1Sc1cc(C(C)(C)C)c(O)cc1C.OC12C=CC=CC1S2. The predicted octanol–water partition coefficient (Wildman–Crippen LogP) is 7.38. The Labute approximate surface area is 207 Å². The number of fused-ring (bicyclic) bond motifs is 1. The molecule has 33 heavy (non-hydrogen) atoms. The second kappa shape index (κ2) is 9.09. The number of hydrogen-bond acceptors (Lipinski definition) is 5. The molecule has 5 heteroatoms. The van der Waals surface area contributed by atoms with Crippen LogP contribution in [0.5, 0.6) is 11.5 Å². The molecule has 0 amide bonds. The second-order valence-electron chi connectivity index (χ2n) is 10.9. The first-order valence-corrected chi connectivity index (χ1v) is 12.9. The van der Waals surface area contributed by atoms with Crippen LogP contribution in [0.3, 0.4) is 0 Å². The molecule has 1 saturated heterocycles. The molecule has 1 heterocycles. The Morgan fingerprint density at radius 2 is 1.24 bits per heavy atom. The standard InChI is InChI=1S/C22H30O2S.C6H6OS/c1-13-9-17(23)15(21(3,4)5)11-19(13)25-20-12-16(22(6,7)8)18(24)10-14(20)2;7-6-4-2-1-3-5(6)8-6/h9-12,23-24H,1-8H3;1-5,7H. The number of thioether (sulfide) groups is 1. The molecule has 2 unspecified atom stereocenters. The lowest BCUT2D eigenvalue weighted by Crippen LogP contribution is -2.12. The average molecular weight is 485 g/mol. The molecule has 0 spiro atoms. The minimum atomic E-state index is -0.505. The van der Waals surface area contributed by atoms with Gasteiger partial charge in [-0.05, 0) is 66.1 Å². The van der Waals surface area contributed by atoms with Gasteiger partial charge in [0.1, 0.15) is 16.4 Å². The lowest BCUT2D eigenvalue weighted by molar-refractivity contribution is 0.228. The summed E-state index contributed by atoms with van der Waals surface area (Å²) in [6.45, 7) is 16.7. The third kappa shape index (κ3) is 6.00. The lowest BCUT2D eigenvalue weighted by atomic mass is 9.86. The van der Waals surface area contributed by atoms with Crippen LogP contribution in [0, 0.1) is 13.8 Å². The van der Waals surface area contributed by atoms with Crippen LogP contribution >= 0.6 is 23.5 Å². The quantitative estimate of drug-likeness (QED) is 0.388. The molecule has 2 atom stereocenters. The van der Waals surface area contributed by atoms with Crippen LogP contribution in [0.2, 0.25) is 0 Å². The topological polar surface area (TPSA) is 60.7 Å². The molecule has 2 aromatic carbocycles. The van der Waals surface area contributed by atoms with Gasteiger partial charge in [0.05, 0.1) is 5.25 Å². The van der Waals surface area contributed by atoms with Crippen LogP contribution in [-0.2, 0) is 10.8 Å². The first kappa shape index (κ1) is 25.8. The summed E-state index contributed by atoms with van der Waals surface area (Å²) in [5.41, 5.74) is 3.78. The molecular formula is C28H36O3S2. The molecule has 0 saturated carbocycles. The molecule has 0 radical (unpaired) electrons. The summed E-state index contributed by atoms with van der Waals surface area (Å²) >= 11 is 3.28. The zero-order chi connectivity index (χ0) is 24.8. The van der Waals surface area contributed by atoms with E-state index in [-0.39, 0.29) is 10.8 Å². The summed E-state index contributed by atoms with van der Waals surface area (Å²) in [5.74, 6) is 0.708. The largest absolute Gasteiger partial charge is 0.508 e. The molecule has 0 aromatic heterocycles. The maximum atomic E-state index is 10.3. The summed E-state index contributed by atoms with van der Waals surface area (Å²) in [7, 11) is 0. The third-order valence-corrected chi connectivity index (χ3v) is 8.42. The molecule has 1 aliphatic heterocycles. The summed E-state index contributed by atoms with van der Waals surface area (Å²) in [6.07, 6.45) is 7.71. The summed E-state index contributed by atoms with van der Waals surface area (Å²) in [5, 5.41) is 30.3. The zero-order valence-electron chi connectivity index (χ0n) is 20.9. The number of aryl methyl sites for hydroxylation is 2. The van der Waals surface area contributed by atoms with Gasteiger partial charge in [-0.1, -0.05) is 71.5 Å². The van der Waals surface area contributed by atoms with Crippen molar-refractivity contribution in [1.29, 1.82) is 0 Å². The molecule has 2 aliphatic rings. The van der Waals surface area contributed by atoms with E-state index in [0.717, 1.165) is 32.0 Å². The third-order valence-electron chi connectivity index (χ3n) is 5.82. The number of phenols is 2. The normalized spacial score (nSPS) is 21.3. The molecule has 1 fully saturated rings. The number of aliphatic hydroxyl groups is 1. The molecule has 0 bridgehead atoms. The molecule has 1 aliphatic carbocycles. The van der Waals surface area contributed by atoms with Crippen molar-refractivity contribution in [1.82, 2.24) is 0 Å². The highest BCUT2D eigenvalue weighted by atomic mass is 32.2. The maximum absolute atomic E-state index is 10.3. The van der Waals surface area contributed by atoms with E-state index in [9.17, 15) is 15.3 Å². The fraction of sp³-hybridized carbons (Fsp3) is 0.429. The van der Waals surface area contributed by atoms with Gasteiger partial charge in [-0.2, -0.15) is 0 Å². The molecular weight excluding hydrogens is 448 g/mol. The van der Waals surface area contributed by atoms with E-state index in [1.807, 2.05) is 50.3 Å². The van der Waals surface area contributed by atoms with Crippen LogP contribution in [0.4, 0.5) is 0 Å². The smallest absolute Gasteiger partial charge is 0.145 e. The highest BCUT2D eigenvalue weighted by molar-refractivity contribution is 8.08. The monoisotopic (exact) mass is 484 g/mol. The number of aromatic hydroxyl groups is 2. The van der Waals surface area contributed by atoms with Crippen molar-refractivity contribution in [3.05, 3.63) is 70.8 Å². The van der Waals surface area contributed by atoms with E-state index in [2.05, 4.69) is 53.7 Å². The van der Waals surface area contributed by atoms with Gasteiger partial charge in [0, 0.05) is 20.9 Å². The van der Waals surface area contributed by atoms with Gasteiger partial charge in [-0.3, -0.25) is 0 Å². The number of phenolic OH excluding ortho intramolecular Hbond substituents is 2. The van der Waals surface area contributed by atoms with Gasteiger partial charge in [0.15, 0.2) is 0 Å². The van der Waals surface area contributed by atoms with E-state index >= 15 is 0 Å². The summed E-state index contributed by atoms with van der Waals surface area (Å²) < 4.78 is 0. The molecule has 178 valence electrons. The minimum absolute atomic E-state index is 0.117. The molecule has 4 rings (SSSR count). The highest BCUT2D eigenvalue weighted by Gasteiger charge is 2.51. The van der Waals surface area contributed by atoms with Crippen molar-refractivity contribution in [3.8, 4) is 11.5 Å². The molecule has 2 aromatic rings. The van der Waals surface area contributed by atoms with Gasteiger partial charge in [-0.25, -0.2) is 0 Å². The van der Waals surface area contributed by atoms with E-state index < -0.39 is 4.93 Å². The van der Waals surface area contributed by atoms with Crippen LogP contribution in [-0.4, -0.2) is 25.5 Å². The van der Waals surface area contributed by atoms with Crippen molar-refractivity contribution in [2.45, 2.75) is 86.2 Å². The zero-order valence-corrected chi connectivity index (χ0v) is 22.5. The van der Waals surface area contributed by atoms with E-state index in [1.54, 1.807) is 23.5 Å². The van der Waals surface area contributed by atoms with E-state index in [0.29, 0.717) is 16.7 Å². The molecule has 3 N–H and O–H groups in total. The average Bonchev–Trinajstić information content (AvgIpc) is 3.35. The van der Waals surface area contributed by atoms with Crippen molar-refractivity contribution < 1.29 is 15.3 Å². The second-order valence-corrected chi connectivity index (χ2v) is 13.4. The van der Waals surface area contributed by atoms with E-state index in [4.69, 9.17) is 0 Å². The summed E-state index contributed by atoms with van der Waals surface area (Å²) in [4.78, 5) is 1.77. The van der Waals surface area contributed by atoms with Crippen LogP contribution < -0.4 is 0 Å². The summed E-state index contributed by atoms with van der Waals surface area (Å²) in [6, 6.07) is 7.89. The van der Waals surface area contributed by atoms with Crippen LogP contribution in [0.15, 0.2) is 58.4 Å². The van der Waals surface area contributed by atoms with Crippen molar-refractivity contribution in [2.24, 2.45) is 0 Å². The minimum Gasteiger partial charge on any atom is -0.508 e. The predicted molar refractivity (Wildman–Crippen MR) is 142 cm³/mol. The van der Waals surface area contributed by atoms with Crippen molar-refractivity contribution in [2.75, 3.05) is 0 Å². The van der Waals surface area contributed by atoms with Crippen LogP contribution in [0.1, 0.15) is 63.8 Å². The van der Waals surface area contributed by atoms with Gasteiger partial charge >= 0.3 is 0 Å². The van der Waals surface area contributed by atoms with Crippen LogP contribution in [0.25, 0.3) is 0 Å². The Balaban J connectivity index is 0.000000316. The Kier molecular flexibility index (Phi) is 7.10. The Bertz CT molecular complexity index is 1040. The maximum Gasteiger partial charge on any atom is 0.145 e. The first-order chi connectivity index (χ1) is 15.1. The van der Waals surface area contributed by atoms with Crippen molar-refractivity contribution in [3.63, 3.8) is 0 Å². The fourth-order valence-corrected chi connectivity index (χ4v) is 5.58. The van der Waals surface area contributed by atoms with Crippen molar-refractivity contribution >= 4 is 23.5 Å². The Morgan fingerprint density at radius 1 is 0.788 bits per heavy atom. The number of rotatable bonds is 2. The lowest BCUT2D eigenvalue weighted by Gasteiger charge is -2.24. The van der Waals surface area contributed by atoms with Gasteiger partial charge in [0.25, 0.3) is 0 Å². The van der Waals surface area contributed by atoms with E-state index in [1.165, 1.54) is 0 Å².